The third-order valence-corrected chi connectivity index (χ3v) is 3.25. The number of ether oxygens (including phenoxy) is 1. The molecule has 3 N–H and O–H groups in total. The zero-order chi connectivity index (χ0) is 13.0. The Bertz CT molecular complexity index is 402. The molecule has 1 saturated heterocycles. The summed E-state index contributed by atoms with van der Waals surface area (Å²) < 4.78 is 5.45. The van der Waals surface area contributed by atoms with Crippen LogP contribution in [0.2, 0.25) is 0 Å². The topological polar surface area (TPSA) is 64.4 Å². The third-order valence-electron chi connectivity index (χ3n) is 3.25. The highest BCUT2D eigenvalue weighted by molar-refractivity contribution is 5.85. The van der Waals surface area contributed by atoms with Crippen LogP contribution >= 0.6 is 12.4 Å². The molecule has 1 amide bonds. The lowest BCUT2D eigenvalue weighted by atomic mass is 10.1. The Morgan fingerprint density at radius 1 is 1.47 bits per heavy atom. The van der Waals surface area contributed by atoms with Crippen LogP contribution < -0.4 is 11.1 Å². The van der Waals surface area contributed by atoms with E-state index >= 15 is 0 Å². The van der Waals surface area contributed by atoms with Crippen molar-refractivity contribution in [2.75, 3.05) is 13.2 Å². The molecule has 0 saturated carbocycles. The molecule has 106 valence electrons. The van der Waals surface area contributed by atoms with E-state index in [4.69, 9.17) is 10.5 Å². The molecule has 0 aliphatic carbocycles. The highest BCUT2D eigenvalue weighted by Gasteiger charge is 2.19. The number of aryl methyl sites for hydroxylation is 1. The maximum atomic E-state index is 11.9. The van der Waals surface area contributed by atoms with E-state index in [1.54, 1.807) is 0 Å². The molecule has 1 aliphatic rings. The van der Waals surface area contributed by atoms with Gasteiger partial charge in [0.05, 0.1) is 6.10 Å². The van der Waals surface area contributed by atoms with Crippen molar-refractivity contribution in [3.05, 3.63) is 35.4 Å². The molecule has 5 heteroatoms. The van der Waals surface area contributed by atoms with Gasteiger partial charge < -0.3 is 15.8 Å². The molecular weight excluding hydrogens is 264 g/mol. The van der Waals surface area contributed by atoms with E-state index in [-0.39, 0.29) is 24.4 Å². The van der Waals surface area contributed by atoms with Gasteiger partial charge in [0.2, 0.25) is 5.91 Å². The number of nitrogens with two attached hydrogens (primary N) is 1. The predicted molar refractivity (Wildman–Crippen MR) is 77.3 cm³/mol. The Kier molecular flexibility index (Phi) is 6.28. The molecule has 1 fully saturated rings. The van der Waals surface area contributed by atoms with Crippen LogP contribution in [0.3, 0.4) is 0 Å². The summed E-state index contributed by atoms with van der Waals surface area (Å²) in [6, 6.07) is 7.11. The maximum Gasteiger partial charge on any atom is 0.241 e. The largest absolute Gasteiger partial charge is 0.376 e. The summed E-state index contributed by atoms with van der Waals surface area (Å²) in [5.41, 5.74) is 7.92. The third kappa shape index (κ3) is 4.49. The van der Waals surface area contributed by atoms with E-state index in [9.17, 15) is 4.79 Å². The van der Waals surface area contributed by atoms with Gasteiger partial charge in [-0.1, -0.05) is 29.8 Å². The quantitative estimate of drug-likeness (QED) is 0.885. The normalized spacial score (nSPS) is 19.6. The molecule has 19 heavy (non-hydrogen) atoms. The molecule has 2 rings (SSSR count). The van der Waals surface area contributed by atoms with Gasteiger partial charge in [-0.05, 0) is 25.3 Å². The lowest BCUT2D eigenvalue weighted by molar-refractivity contribution is -0.123. The van der Waals surface area contributed by atoms with E-state index in [1.807, 2.05) is 31.2 Å². The highest BCUT2D eigenvalue weighted by atomic mass is 35.5. The summed E-state index contributed by atoms with van der Waals surface area (Å²) in [4.78, 5) is 11.9. The van der Waals surface area contributed by atoms with Crippen LogP contribution in [-0.4, -0.2) is 25.2 Å². The van der Waals surface area contributed by atoms with Crippen LogP contribution in [0, 0.1) is 6.92 Å². The van der Waals surface area contributed by atoms with Gasteiger partial charge in [-0.3, -0.25) is 4.79 Å². The first-order valence-electron chi connectivity index (χ1n) is 6.38. The Labute approximate surface area is 120 Å². The van der Waals surface area contributed by atoms with Crippen molar-refractivity contribution < 1.29 is 9.53 Å². The zero-order valence-electron chi connectivity index (χ0n) is 11.1. The number of carbonyl (C=O) groups is 1. The SMILES string of the molecule is Cc1ccc(C(N)C(=O)NCC2CCCO2)cc1.Cl. The lowest BCUT2D eigenvalue weighted by Gasteiger charge is -2.15. The van der Waals surface area contributed by atoms with Crippen molar-refractivity contribution in [2.45, 2.75) is 31.9 Å². The van der Waals surface area contributed by atoms with E-state index in [2.05, 4.69) is 5.32 Å². The molecular formula is C14H21ClN2O2. The van der Waals surface area contributed by atoms with E-state index in [0.29, 0.717) is 6.54 Å². The second-order valence-corrected chi connectivity index (χ2v) is 4.77. The number of amides is 1. The number of rotatable bonds is 4. The Morgan fingerprint density at radius 3 is 2.74 bits per heavy atom. The number of halogens is 1. The molecule has 1 aliphatic heterocycles. The number of carbonyl (C=O) groups excluding carboxylic acids is 1. The molecule has 2 unspecified atom stereocenters. The first kappa shape index (κ1) is 16.0. The van der Waals surface area contributed by atoms with Crippen molar-refractivity contribution in [3.8, 4) is 0 Å². The first-order chi connectivity index (χ1) is 8.66. The zero-order valence-corrected chi connectivity index (χ0v) is 11.9. The van der Waals surface area contributed by atoms with Crippen LogP contribution in [0.15, 0.2) is 24.3 Å². The number of hydrogen-bond donors (Lipinski definition) is 2. The Hall–Kier alpha value is -1.10. The van der Waals surface area contributed by atoms with Gasteiger partial charge in [0, 0.05) is 13.2 Å². The number of nitrogens with one attached hydrogen (secondary N) is 1. The summed E-state index contributed by atoms with van der Waals surface area (Å²) in [7, 11) is 0. The number of hydrogen-bond acceptors (Lipinski definition) is 3. The van der Waals surface area contributed by atoms with Crippen molar-refractivity contribution in [1.29, 1.82) is 0 Å². The minimum atomic E-state index is -0.605. The molecule has 1 heterocycles. The monoisotopic (exact) mass is 284 g/mol. The van der Waals surface area contributed by atoms with E-state index in [0.717, 1.165) is 30.6 Å². The van der Waals surface area contributed by atoms with Gasteiger partial charge in [0.15, 0.2) is 0 Å². The lowest BCUT2D eigenvalue weighted by Crippen LogP contribution is -2.38. The standard InChI is InChI=1S/C14H20N2O2.ClH/c1-10-4-6-11(7-5-10)13(15)14(17)16-9-12-3-2-8-18-12;/h4-7,12-13H,2-3,8-9,15H2,1H3,(H,16,17);1H. The second kappa shape index (κ2) is 7.48. The Morgan fingerprint density at radius 2 is 2.16 bits per heavy atom. The van der Waals surface area contributed by atoms with Crippen molar-refractivity contribution in [2.24, 2.45) is 5.73 Å². The molecule has 0 bridgehead atoms. The fraction of sp³-hybridized carbons (Fsp3) is 0.500. The van der Waals surface area contributed by atoms with E-state index < -0.39 is 6.04 Å². The summed E-state index contributed by atoms with van der Waals surface area (Å²) >= 11 is 0. The first-order valence-corrected chi connectivity index (χ1v) is 6.38. The van der Waals surface area contributed by atoms with Crippen molar-refractivity contribution >= 4 is 18.3 Å². The van der Waals surface area contributed by atoms with Crippen LogP contribution in [0.5, 0.6) is 0 Å². The Balaban J connectivity index is 0.00000180. The smallest absolute Gasteiger partial charge is 0.241 e. The van der Waals surface area contributed by atoms with E-state index in [1.165, 1.54) is 0 Å². The predicted octanol–water partition coefficient (Wildman–Crippen LogP) is 1.71. The van der Waals surface area contributed by atoms with Gasteiger partial charge in [0.1, 0.15) is 6.04 Å². The van der Waals surface area contributed by atoms with Gasteiger partial charge in [0.25, 0.3) is 0 Å². The highest BCUT2D eigenvalue weighted by Crippen LogP contribution is 2.13. The van der Waals surface area contributed by atoms with Crippen molar-refractivity contribution in [1.82, 2.24) is 5.32 Å². The molecule has 4 nitrogen and oxygen atoms in total. The van der Waals surface area contributed by atoms with Crippen LogP contribution in [0.4, 0.5) is 0 Å². The fourth-order valence-electron chi connectivity index (χ4n) is 2.05. The average molecular weight is 285 g/mol. The molecule has 1 aromatic rings. The van der Waals surface area contributed by atoms with Crippen molar-refractivity contribution in [3.63, 3.8) is 0 Å². The summed E-state index contributed by atoms with van der Waals surface area (Å²) in [6.07, 6.45) is 2.24. The van der Waals surface area contributed by atoms with Gasteiger partial charge in [-0.2, -0.15) is 0 Å². The molecule has 0 spiro atoms. The molecule has 2 atom stereocenters. The summed E-state index contributed by atoms with van der Waals surface area (Å²) in [5.74, 6) is -0.144. The summed E-state index contributed by atoms with van der Waals surface area (Å²) in [6.45, 7) is 3.36. The second-order valence-electron chi connectivity index (χ2n) is 4.77. The molecule has 0 radical (unpaired) electrons. The van der Waals surface area contributed by atoms with Crippen LogP contribution in [-0.2, 0) is 9.53 Å². The average Bonchev–Trinajstić information content (AvgIpc) is 2.89. The van der Waals surface area contributed by atoms with Crippen LogP contribution in [0.1, 0.15) is 30.0 Å². The van der Waals surface area contributed by atoms with Crippen LogP contribution in [0.25, 0.3) is 0 Å². The van der Waals surface area contributed by atoms with Gasteiger partial charge >= 0.3 is 0 Å². The minimum absolute atomic E-state index is 0. The molecule has 1 aromatic carbocycles. The fourth-order valence-corrected chi connectivity index (χ4v) is 2.05. The maximum absolute atomic E-state index is 11.9. The number of benzene rings is 1. The molecule has 0 aromatic heterocycles. The minimum Gasteiger partial charge on any atom is -0.376 e. The van der Waals surface area contributed by atoms with Gasteiger partial charge in [-0.25, -0.2) is 0 Å². The summed E-state index contributed by atoms with van der Waals surface area (Å²) in [5, 5.41) is 2.85. The van der Waals surface area contributed by atoms with Gasteiger partial charge in [-0.15, -0.1) is 12.4 Å².